The molecule has 14 heavy (non-hydrogen) atoms. The van der Waals surface area contributed by atoms with Gasteiger partial charge >= 0.3 is 0 Å². The molecule has 0 spiro atoms. The minimum atomic E-state index is 0.617. The van der Waals surface area contributed by atoms with Gasteiger partial charge in [0.25, 0.3) is 0 Å². The van der Waals surface area contributed by atoms with Gasteiger partial charge in [-0.2, -0.15) is 0 Å². The fraction of sp³-hybridized carbons (Fsp3) is 1.00. The molecule has 0 aromatic carbocycles. The summed E-state index contributed by atoms with van der Waals surface area (Å²) in [5, 5.41) is 3.53. The molecule has 1 N–H and O–H groups in total. The van der Waals surface area contributed by atoms with Gasteiger partial charge in [-0.15, -0.1) is 0 Å². The molecule has 0 aliphatic heterocycles. The lowest BCUT2D eigenvalue weighted by Gasteiger charge is -2.27. The Kier molecular flexibility index (Phi) is 5.49. The highest BCUT2D eigenvalue weighted by Crippen LogP contribution is 2.40. The Hall–Kier alpha value is -0.0800. The van der Waals surface area contributed by atoms with E-state index in [-0.39, 0.29) is 0 Å². The summed E-state index contributed by atoms with van der Waals surface area (Å²) in [5.41, 5.74) is 0.617. The first kappa shape index (κ1) is 12.0. The van der Waals surface area contributed by atoms with E-state index in [2.05, 4.69) is 12.2 Å². The molecule has 0 bridgehead atoms. The fourth-order valence-corrected chi connectivity index (χ4v) is 2.42. The van der Waals surface area contributed by atoms with Crippen LogP contribution in [0.1, 0.15) is 46.0 Å². The van der Waals surface area contributed by atoms with Gasteiger partial charge in [-0.1, -0.05) is 19.8 Å². The van der Waals surface area contributed by atoms with Gasteiger partial charge in [0.2, 0.25) is 0 Å². The molecule has 0 saturated heterocycles. The van der Waals surface area contributed by atoms with E-state index in [1.807, 2.05) is 6.92 Å². The average Bonchev–Trinajstić information content (AvgIpc) is 2.67. The maximum Gasteiger partial charge on any atom is 0.0590 e. The van der Waals surface area contributed by atoms with Gasteiger partial charge in [-0.3, -0.25) is 0 Å². The van der Waals surface area contributed by atoms with Crippen LogP contribution < -0.4 is 5.32 Å². The van der Waals surface area contributed by atoms with E-state index < -0.39 is 0 Å². The molecule has 1 saturated carbocycles. The molecule has 0 aromatic rings. The summed E-state index contributed by atoms with van der Waals surface area (Å²) in [4.78, 5) is 0. The zero-order valence-corrected chi connectivity index (χ0v) is 9.77. The number of hydrogen-bond acceptors (Lipinski definition) is 2. The molecule has 0 radical (unpaired) electrons. The zero-order valence-electron chi connectivity index (χ0n) is 9.77. The lowest BCUT2D eigenvalue weighted by atomic mass is 9.83. The average molecular weight is 199 g/mol. The highest BCUT2D eigenvalue weighted by atomic mass is 16.5. The van der Waals surface area contributed by atoms with Crippen molar-refractivity contribution in [3.63, 3.8) is 0 Å². The van der Waals surface area contributed by atoms with Crippen LogP contribution in [-0.4, -0.2) is 26.3 Å². The lowest BCUT2D eigenvalue weighted by Crippen LogP contribution is -2.33. The van der Waals surface area contributed by atoms with E-state index in [9.17, 15) is 0 Å². The molecule has 0 unspecified atom stereocenters. The maximum absolute atomic E-state index is 5.30. The SMILES string of the molecule is CCOCCNCC1(CC)CCCC1. The van der Waals surface area contributed by atoms with Crippen LogP contribution in [-0.2, 0) is 4.74 Å². The molecule has 0 heterocycles. The van der Waals surface area contributed by atoms with E-state index >= 15 is 0 Å². The van der Waals surface area contributed by atoms with Gasteiger partial charge in [0, 0.05) is 19.7 Å². The second-order valence-corrected chi connectivity index (χ2v) is 4.43. The first-order valence-electron chi connectivity index (χ1n) is 6.11. The molecule has 0 atom stereocenters. The largest absolute Gasteiger partial charge is 0.380 e. The van der Waals surface area contributed by atoms with Crippen LogP contribution in [0.2, 0.25) is 0 Å². The highest BCUT2D eigenvalue weighted by molar-refractivity contribution is 4.85. The predicted molar refractivity (Wildman–Crippen MR) is 60.6 cm³/mol. The quantitative estimate of drug-likeness (QED) is 0.636. The predicted octanol–water partition coefficient (Wildman–Crippen LogP) is 2.58. The topological polar surface area (TPSA) is 21.3 Å². The standard InChI is InChI=1S/C12H25NO/c1-3-12(7-5-6-8-12)11-13-9-10-14-4-2/h13H,3-11H2,1-2H3. The summed E-state index contributed by atoms with van der Waals surface area (Å²) in [7, 11) is 0. The molecule has 1 aliphatic rings. The second kappa shape index (κ2) is 6.41. The Labute approximate surface area is 88.4 Å². The van der Waals surface area contributed by atoms with Crippen molar-refractivity contribution >= 4 is 0 Å². The Balaban J connectivity index is 2.08. The van der Waals surface area contributed by atoms with Gasteiger partial charge in [-0.25, -0.2) is 0 Å². The molecular weight excluding hydrogens is 174 g/mol. The number of ether oxygens (including phenoxy) is 1. The van der Waals surface area contributed by atoms with Crippen molar-refractivity contribution in [1.29, 1.82) is 0 Å². The summed E-state index contributed by atoms with van der Waals surface area (Å²) in [5.74, 6) is 0. The molecule has 0 amide bonds. The summed E-state index contributed by atoms with van der Waals surface area (Å²) in [6.07, 6.45) is 7.03. The minimum absolute atomic E-state index is 0.617. The number of nitrogens with one attached hydrogen (secondary N) is 1. The van der Waals surface area contributed by atoms with E-state index in [1.54, 1.807) is 0 Å². The Morgan fingerprint density at radius 2 is 1.93 bits per heavy atom. The number of hydrogen-bond donors (Lipinski definition) is 1. The van der Waals surface area contributed by atoms with E-state index in [1.165, 1.54) is 38.6 Å². The van der Waals surface area contributed by atoms with Crippen molar-refractivity contribution < 1.29 is 4.74 Å². The van der Waals surface area contributed by atoms with Crippen molar-refractivity contribution in [1.82, 2.24) is 5.32 Å². The van der Waals surface area contributed by atoms with Crippen molar-refractivity contribution in [2.24, 2.45) is 5.41 Å². The van der Waals surface area contributed by atoms with E-state index in [0.29, 0.717) is 5.41 Å². The minimum Gasteiger partial charge on any atom is -0.380 e. The van der Waals surface area contributed by atoms with Crippen molar-refractivity contribution in [2.75, 3.05) is 26.3 Å². The molecule has 2 heteroatoms. The Bertz CT molecular complexity index is 141. The van der Waals surface area contributed by atoms with Crippen LogP contribution in [0.15, 0.2) is 0 Å². The molecule has 0 aromatic heterocycles. The lowest BCUT2D eigenvalue weighted by molar-refractivity contribution is 0.144. The molecule has 84 valence electrons. The fourth-order valence-electron chi connectivity index (χ4n) is 2.42. The van der Waals surface area contributed by atoms with Crippen molar-refractivity contribution in [3.05, 3.63) is 0 Å². The smallest absolute Gasteiger partial charge is 0.0590 e. The second-order valence-electron chi connectivity index (χ2n) is 4.43. The molecule has 2 nitrogen and oxygen atoms in total. The van der Waals surface area contributed by atoms with Crippen LogP contribution in [0.5, 0.6) is 0 Å². The van der Waals surface area contributed by atoms with Crippen LogP contribution in [0.3, 0.4) is 0 Å². The van der Waals surface area contributed by atoms with E-state index in [0.717, 1.165) is 19.8 Å². The maximum atomic E-state index is 5.30. The molecule has 1 fully saturated rings. The summed E-state index contributed by atoms with van der Waals surface area (Å²) >= 11 is 0. The van der Waals surface area contributed by atoms with Crippen molar-refractivity contribution in [3.8, 4) is 0 Å². The summed E-state index contributed by atoms with van der Waals surface area (Å²) in [6, 6.07) is 0. The van der Waals surface area contributed by atoms with Gasteiger partial charge in [0.1, 0.15) is 0 Å². The molecule has 1 rings (SSSR count). The first-order valence-corrected chi connectivity index (χ1v) is 6.11. The number of rotatable bonds is 7. The van der Waals surface area contributed by atoms with Crippen LogP contribution in [0, 0.1) is 5.41 Å². The third-order valence-electron chi connectivity index (χ3n) is 3.54. The molecular formula is C12H25NO. The third-order valence-corrected chi connectivity index (χ3v) is 3.54. The Morgan fingerprint density at radius 1 is 1.21 bits per heavy atom. The van der Waals surface area contributed by atoms with E-state index in [4.69, 9.17) is 4.74 Å². The highest BCUT2D eigenvalue weighted by Gasteiger charge is 2.31. The Morgan fingerprint density at radius 3 is 2.50 bits per heavy atom. The summed E-state index contributed by atoms with van der Waals surface area (Å²) in [6.45, 7) is 8.27. The summed E-state index contributed by atoms with van der Waals surface area (Å²) < 4.78 is 5.30. The van der Waals surface area contributed by atoms with Gasteiger partial charge in [-0.05, 0) is 31.6 Å². The normalized spacial score (nSPS) is 20.1. The van der Waals surface area contributed by atoms with Crippen LogP contribution >= 0.6 is 0 Å². The monoisotopic (exact) mass is 199 g/mol. The first-order chi connectivity index (χ1) is 6.83. The van der Waals surface area contributed by atoms with Crippen LogP contribution in [0.4, 0.5) is 0 Å². The van der Waals surface area contributed by atoms with Gasteiger partial charge in [0.15, 0.2) is 0 Å². The van der Waals surface area contributed by atoms with Crippen molar-refractivity contribution in [2.45, 2.75) is 46.0 Å². The van der Waals surface area contributed by atoms with Crippen LogP contribution in [0.25, 0.3) is 0 Å². The van der Waals surface area contributed by atoms with Gasteiger partial charge in [0.05, 0.1) is 6.61 Å². The van der Waals surface area contributed by atoms with Gasteiger partial charge < -0.3 is 10.1 Å². The third kappa shape index (κ3) is 3.58. The molecule has 1 aliphatic carbocycles. The zero-order chi connectivity index (χ0) is 10.3.